The normalized spacial score (nSPS) is 10.6. The number of nitrogens with zero attached hydrogens (tertiary/aromatic N) is 1. The second-order valence-electron chi connectivity index (χ2n) is 3.36. The minimum atomic E-state index is -0.631. The quantitative estimate of drug-likeness (QED) is 0.767. The summed E-state index contributed by atoms with van der Waals surface area (Å²) in [6.45, 7) is 0. The van der Waals surface area contributed by atoms with Crippen LogP contribution in [0, 0.1) is 11.6 Å². The van der Waals surface area contributed by atoms with Gasteiger partial charge in [0.05, 0.1) is 0 Å². The molecule has 0 bridgehead atoms. The third-order valence-corrected chi connectivity index (χ3v) is 2.17. The first kappa shape index (κ1) is 9.71. The maximum Gasteiger partial charge on any atom is 0.191 e. The largest absolute Gasteiger partial charge is 0.494 e. The first-order valence-electron chi connectivity index (χ1n) is 4.38. The van der Waals surface area contributed by atoms with Crippen molar-refractivity contribution in [1.82, 2.24) is 4.57 Å². The molecule has 0 aliphatic heterocycles. The first-order valence-corrected chi connectivity index (χ1v) is 4.38. The summed E-state index contributed by atoms with van der Waals surface area (Å²) in [6.07, 6.45) is 1.60. The van der Waals surface area contributed by atoms with Gasteiger partial charge in [-0.05, 0) is 17.7 Å². The molecule has 2 aromatic rings. The number of aromatic hydroxyl groups is 1. The number of aromatic nitrogens is 1. The summed E-state index contributed by atoms with van der Waals surface area (Å²) in [5.74, 6) is -1.21. The Hall–Kier alpha value is -1.84. The summed E-state index contributed by atoms with van der Waals surface area (Å²) < 4.78 is 27.3. The van der Waals surface area contributed by atoms with Gasteiger partial charge in [0.25, 0.3) is 0 Å². The van der Waals surface area contributed by atoms with E-state index in [9.17, 15) is 13.9 Å². The van der Waals surface area contributed by atoms with Crippen molar-refractivity contribution in [3.8, 4) is 17.0 Å². The second kappa shape index (κ2) is 3.38. The summed E-state index contributed by atoms with van der Waals surface area (Å²) in [6, 6.07) is 4.70. The third-order valence-electron chi connectivity index (χ3n) is 2.17. The molecule has 4 heteroatoms. The van der Waals surface area contributed by atoms with Crippen LogP contribution in [0.5, 0.6) is 5.88 Å². The van der Waals surface area contributed by atoms with Crippen LogP contribution in [0.2, 0.25) is 0 Å². The van der Waals surface area contributed by atoms with Gasteiger partial charge >= 0.3 is 0 Å². The van der Waals surface area contributed by atoms with E-state index in [1.807, 2.05) is 0 Å². The molecular weight excluding hydrogens is 200 g/mol. The van der Waals surface area contributed by atoms with Gasteiger partial charge in [0.2, 0.25) is 0 Å². The van der Waals surface area contributed by atoms with Gasteiger partial charge in [0.1, 0.15) is 11.6 Å². The third kappa shape index (κ3) is 1.83. The predicted octanol–water partition coefficient (Wildman–Crippen LogP) is 2.68. The van der Waals surface area contributed by atoms with Gasteiger partial charge in [-0.2, -0.15) is 0 Å². The number of aryl methyl sites for hydroxylation is 1. The number of benzene rings is 1. The van der Waals surface area contributed by atoms with Crippen molar-refractivity contribution in [1.29, 1.82) is 0 Å². The van der Waals surface area contributed by atoms with Crippen LogP contribution in [0.3, 0.4) is 0 Å². The molecule has 1 aromatic carbocycles. The van der Waals surface area contributed by atoms with Crippen LogP contribution >= 0.6 is 0 Å². The van der Waals surface area contributed by atoms with Gasteiger partial charge in [-0.15, -0.1) is 0 Å². The predicted molar refractivity (Wildman–Crippen MR) is 52.4 cm³/mol. The molecule has 0 atom stereocenters. The minimum absolute atomic E-state index is 0.0506. The smallest absolute Gasteiger partial charge is 0.191 e. The molecule has 0 fully saturated rings. The number of hydrogen-bond donors (Lipinski definition) is 1. The summed E-state index contributed by atoms with van der Waals surface area (Å²) in [5.41, 5.74) is 0.983. The van der Waals surface area contributed by atoms with Gasteiger partial charge in [0.15, 0.2) is 5.88 Å². The molecule has 0 amide bonds. The zero-order chi connectivity index (χ0) is 11.0. The van der Waals surface area contributed by atoms with Crippen molar-refractivity contribution in [2.75, 3.05) is 0 Å². The monoisotopic (exact) mass is 209 g/mol. The SMILES string of the molecule is Cn1cc(-c2cc(F)cc(F)c2)cc1O. The Morgan fingerprint density at radius 3 is 2.07 bits per heavy atom. The molecule has 1 N–H and O–H groups in total. The molecule has 1 aromatic heterocycles. The minimum Gasteiger partial charge on any atom is -0.494 e. The molecule has 2 rings (SSSR count). The van der Waals surface area contributed by atoms with Gasteiger partial charge in [-0.3, -0.25) is 0 Å². The average molecular weight is 209 g/mol. The van der Waals surface area contributed by atoms with Gasteiger partial charge in [-0.25, -0.2) is 8.78 Å². The molecule has 2 nitrogen and oxygen atoms in total. The fourth-order valence-corrected chi connectivity index (χ4v) is 1.43. The highest BCUT2D eigenvalue weighted by molar-refractivity contribution is 5.64. The van der Waals surface area contributed by atoms with Gasteiger partial charge in [-0.1, -0.05) is 0 Å². The number of halogens is 2. The topological polar surface area (TPSA) is 25.2 Å². The molecule has 0 radical (unpaired) electrons. The maximum absolute atomic E-state index is 12.9. The Morgan fingerprint density at radius 2 is 1.60 bits per heavy atom. The highest BCUT2D eigenvalue weighted by Crippen LogP contribution is 2.26. The van der Waals surface area contributed by atoms with E-state index in [1.54, 1.807) is 13.2 Å². The summed E-state index contributed by atoms with van der Waals surface area (Å²) in [5, 5.41) is 9.32. The Labute approximate surface area is 85.4 Å². The van der Waals surface area contributed by atoms with E-state index in [0.29, 0.717) is 11.1 Å². The van der Waals surface area contributed by atoms with Crippen molar-refractivity contribution in [3.05, 3.63) is 42.1 Å². The Bertz CT molecular complexity index is 466. The van der Waals surface area contributed by atoms with Gasteiger partial charge < -0.3 is 9.67 Å². The number of hydrogen-bond acceptors (Lipinski definition) is 1. The van der Waals surface area contributed by atoms with E-state index in [1.165, 1.54) is 22.8 Å². The lowest BCUT2D eigenvalue weighted by molar-refractivity contribution is 0.432. The van der Waals surface area contributed by atoms with Crippen molar-refractivity contribution in [2.24, 2.45) is 7.05 Å². The highest BCUT2D eigenvalue weighted by Gasteiger charge is 2.06. The summed E-state index contributed by atoms with van der Waals surface area (Å²) in [4.78, 5) is 0. The zero-order valence-corrected chi connectivity index (χ0v) is 8.04. The summed E-state index contributed by atoms with van der Waals surface area (Å²) in [7, 11) is 1.65. The average Bonchev–Trinajstić information content (AvgIpc) is 2.45. The molecular formula is C11H9F2NO. The molecule has 0 aliphatic carbocycles. The fraction of sp³-hybridized carbons (Fsp3) is 0.0909. The van der Waals surface area contributed by atoms with Crippen LogP contribution in [0.1, 0.15) is 0 Å². The maximum atomic E-state index is 12.9. The lowest BCUT2D eigenvalue weighted by Crippen LogP contribution is -1.83. The van der Waals surface area contributed by atoms with E-state index in [2.05, 4.69) is 0 Å². The molecule has 0 saturated carbocycles. The Morgan fingerprint density at radius 1 is 1.00 bits per heavy atom. The Kier molecular flexibility index (Phi) is 2.19. The van der Waals surface area contributed by atoms with Crippen LogP contribution < -0.4 is 0 Å². The number of rotatable bonds is 1. The van der Waals surface area contributed by atoms with Crippen LogP contribution in [-0.2, 0) is 7.05 Å². The van der Waals surface area contributed by atoms with Crippen LogP contribution in [0.4, 0.5) is 8.78 Å². The van der Waals surface area contributed by atoms with E-state index >= 15 is 0 Å². The first-order chi connectivity index (χ1) is 7.06. The van der Waals surface area contributed by atoms with Crippen LogP contribution in [0.15, 0.2) is 30.5 Å². The Balaban J connectivity index is 2.53. The summed E-state index contributed by atoms with van der Waals surface area (Å²) >= 11 is 0. The molecule has 0 saturated heterocycles. The molecule has 0 unspecified atom stereocenters. The van der Waals surface area contributed by atoms with Crippen molar-refractivity contribution in [3.63, 3.8) is 0 Å². The second-order valence-corrected chi connectivity index (χ2v) is 3.36. The lowest BCUT2D eigenvalue weighted by atomic mass is 10.1. The molecule has 1 heterocycles. The van der Waals surface area contributed by atoms with Crippen molar-refractivity contribution in [2.45, 2.75) is 0 Å². The standard InChI is InChI=1S/C11H9F2NO/c1-14-6-8(4-11(14)15)7-2-9(12)5-10(13)3-7/h2-6,15H,1H3. The van der Waals surface area contributed by atoms with Crippen LogP contribution in [-0.4, -0.2) is 9.67 Å². The zero-order valence-electron chi connectivity index (χ0n) is 8.04. The molecule has 78 valence electrons. The highest BCUT2D eigenvalue weighted by atomic mass is 19.1. The van der Waals surface area contributed by atoms with E-state index in [4.69, 9.17) is 0 Å². The van der Waals surface area contributed by atoms with Crippen LogP contribution in [0.25, 0.3) is 11.1 Å². The van der Waals surface area contributed by atoms with E-state index in [-0.39, 0.29) is 5.88 Å². The van der Waals surface area contributed by atoms with Gasteiger partial charge in [0, 0.05) is 30.9 Å². The molecule has 0 spiro atoms. The van der Waals surface area contributed by atoms with E-state index in [0.717, 1.165) is 6.07 Å². The molecule has 0 aliphatic rings. The van der Waals surface area contributed by atoms with E-state index < -0.39 is 11.6 Å². The lowest BCUT2D eigenvalue weighted by Gasteiger charge is -1.98. The fourth-order valence-electron chi connectivity index (χ4n) is 1.43. The van der Waals surface area contributed by atoms with Crippen molar-refractivity contribution >= 4 is 0 Å². The molecule has 15 heavy (non-hydrogen) atoms. The van der Waals surface area contributed by atoms with Crippen molar-refractivity contribution < 1.29 is 13.9 Å².